The number of fused-ring (bicyclic) bond motifs is 1. The van der Waals surface area contributed by atoms with E-state index >= 15 is 0 Å². The van der Waals surface area contributed by atoms with Crippen LogP contribution < -0.4 is 0 Å². The van der Waals surface area contributed by atoms with Crippen LogP contribution >= 0.6 is 0 Å². The van der Waals surface area contributed by atoms with E-state index in [-0.39, 0.29) is 5.91 Å². The Kier molecular flexibility index (Phi) is 3.02. The molecular weight excluding hydrogens is 231 g/mol. The molecule has 1 saturated heterocycles. The van der Waals surface area contributed by atoms with Crippen LogP contribution in [0.4, 0.5) is 4.39 Å². The van der Waals surface area contributed by atoms with Gasteiger partial charge in [0.25, 0.3) is 5.91 Å². The summed E-state index contributed by atoms with van der Waals surface area (Å²) in [4.78, 5) is 18.0. The highest BCUT2D eigenvalue weighted by atomic mass is 19.1. The highest BCUT2D eigenvalue weighted by Gasteiger charge is 2.37. The topological polar surface area (TPSA) is 33.2 Å². The first-order valence-corrected chi connectivity index (χ1v) is 6.68. The highest BCUT2D eigenvalue weighted by Crippen LogP contribution is 2.37. The summed E-state index contributed by atoms with van der Waals surface area (Å²) in [5, 5.41) is 0. The third kappa shape index (κ3) is 2.00. The van der Waals surface area contributed by atoms with Crippen LogP contribution in [-0.4, -0.2) is 28.4 Å². The van der Waals surface area contributed by atoms with Crippen molar-refractivity contribution in [1.82, 2.24) is 9.88 Å². The summed E-state index contributed by atoms with van der Waals surface area (Å²) >= 11 is 0. The maximum absolute atomic E-state index is 12.8. The normalized spacial score (nSPS) is 27.1. The van der Waals surface area contributed by atoms with E-state index in [4.69, 9.17) is 0 Å². The lowest BCUT2D eigenvalue weighted by Gasteiger charge is -2.37. The van der Waals surface area contributed by atoms with Crippen molar-refractivity contribution in [2.75, 3.05) is 6.54 Å². The minimum atomic E-state index is -0.538. The minimum absolute atomic E-state index is 0.0131. The fourth-order valence-corrected chi connectivity index (χ4v) is 3.37. The average Bonchev–Trinajstić information content (AvgIpc) is 2.87. The molecule has 18 heavy (non-hydrogen) atoms. The number of likely N-dealkylation sites (tertiary alicyclic amines) is 1. The van der Waals surface area contributed by atoms with Gasteiger partial charge in [-0.25, -0.2) is 4.98 Å². The monoisotopic (exact) mass is 248 g/mol. The number of carbonyl (C=O) groups is 1. The molecule has 2 atom stereocenters. The van der Waals surface area contributed by atoms with Crippen LogP contribution in [0.3, 0.4) is 0 Å². The summed E-state index contributed by atoms with van der Waals surface area (Å²) in [6.45, 7) is 0.831. The van der Waals surface area contributed by atoms with Crippen molar-refractivity contribution >= 4 is 5.91 Å². The van der Waals surface area contributed by atoms with E-state index in [1.54, 1.807) is 0 Å². The zero-order chi connectivity index (χ0) is 12.5. The molecule has 96 valence electrons. The number of carbonyl (C=O) groups excluding carboxylic acids is 1. The Morgan fingerprint density at radius 2 is 2.11 bits per heavy atom. The van der Waals surface area contributed by atoms with Gasteiger partial charge in [-0.05, 0) is 43.7 Å². The van der Waals surface area contributed by atoms with Crippen molar-refractivity contribution in [2.24, 2.45) is 5.92 Å². The SMILES string of the molecule is O=C(c1ccc(F)nc1)N1CCCC2CCCC21. The number of aromatic nitrogens is 1. The molecule has 2 unspecified atom stereocenters. The predicted octanol–water partition coefficient (Wildman–Crippen LogP) is 2.63. The third-order valence-corrected chi connectivity index (χ3v) is 4.23. The molecule has 0 bridgehead atoms. The molecular formula is C14H17FN2O. The lowest BCUT2D eigenvalue weighted by Crippen LogP contribution is -2.46. The van der Waals surface area contributed by atoms with Gasteiger partial charge in [0.1, 0.15) is 0 Å². The fourth-order valence-electron chi connectivity index (χ4n) is 3.37. The third-order valence-electron chi connectivity index (χ3n) is 4.23. The first-order valence-electron chi connectivity index (χ1n) is 6.68. The van der Waals surface area contributed by atoms with E-state index in [0.29, 0.717) is 17.5 Å². The number of amides is 1. The second-order valence-corrected chi connectivity index (χ2v) is 5.27. The summed E-state index contributed by atoms with van der Waals surface area (Å²) in [5.74, 6) is 0.152. The molecule has 1 aliphatic carbocycles. The van der Waals surface area contributed by atoms with Crippen LogP contribution in [-0.2, 0) is 0 Å². The molecule has 0 spiro atoms. The summed E-state index contributed by atoms with van der Waals surface area (Å²) in [7, 11) is 0. The van der Waals surface area contributed by atoms with E-state index < -0.39 is 5.95 Å². The maximum atomic E-state index is 12.8. The molecule has 1 aromatic rings. The van der Waals surface area contributed by atoms with Gasteiger partial charge in [-0.3, -0.25) is 4.79 Å². The number of rotatable bonds is 1. The number of hydrogen-bond donors (Lipinski definition) is 0. The van der Waals surface area contributed by atoms with E-state index in [1.165, 1.54) is 37.6 Å². The number of halogens is 1. The standard InChI is InChI=1S/C14H17FN2O/c15-13-7-6-11(9-16-13)14(18)17-8-2-4-10-3-1-5-12(10)17/h6-7,9-10,12H,1-5,8H2. The first kappa shape index (κ1) is 11.6. The Hall–Kier alpha value is -1.45. The van der Waals surface area contributed by atoms with Crippen LogP contribution in [0, 0.1) is 11.9 Å². The summed E-state index contributed by atoms with van der Waals surface area (Å²) in [5.41, 5.74) is 0.504. The van der Waals surface area contributed by atoms with Gasteiger partial charge in [0.2, 0.25) is 5.95 Å². The number of pyridine rings is 1. The van der Waals surface area contributed by atoms with E-state index in [0.717, 1.165) is 19.4 Å². The number of piperidine rings is 1. The Balaban J connectivity index is 1.81. The van der Waals surface area contributed by atoms with Crippen LogP contribution in [0.15, 0.2) is 18.3 Å². The fraction of sp³-hybridized carbons (Fsp3) is 0.571. The van der Waals surface area contributed by atoms with Gasteiger partial charge in [-0.15, -0.1) is 0 Å². The molecule has 1 aliphatic heterocycles. The number of hydrogen-bond acceptors (Lipinski definition) is 2. The minimum Gasteiger partial charge on any atom is -0.335 e. The van der Waals surface area contributed by atoms with Crippen LogP contribution in [0.1, 0.15) is 42.5 Å². The van der Waals surface area contributed by atoms with E-state index in [9.17, 15) is 9.18 Å². The van der Waals surface area contributed by atoms with Gasteiger partial charge in [-0.2, -0.15) is 4.39 Å². The van der Waals surface area contributed by atoms with Crippen molar-refractivity contribution in [3.8, 4) is 0 Å². The van der Waals surface area contributed by atoms with Crippen molar-refractivity contribution in [1.29, 1.82) is 0 Å². The molecule has 1 aromatic heterocycles. The zero-order valence-electron chi connectivity index (χ0n) is 10.3. The van der Waals surface area contributed by atoms with Crippen molar-refractivity contribution in [3.05, 3.63) is 29.8 Å². The number of nitrogens with zero attached hydrogens (tertiary/aromatic N) is 2. The van der Waals surface area contributed by atoms with Crippen LogP contribution in [0.25, 0.3) is 0 Å². The zero-order valence-corrected chi connectivity index (χ0v) is 10.3. The van der Waals surface area contributed by atoms with Gasteiger partial charge in [0.05, 0.1) is 5.56 Å². The van der Waals surface area contributed by atoms with Crippen molar-refractivity contribution < 1.29 is 9.18 Å². The lowest BCUT2D eigenvalue weighted by molar-refractivity contribution is 0.0548. The summed E-state index contributed by atoms with van der Waals surface area (Å²) in [6.07, 6.45) is 7.26. The summed E-state index contributed by atoms with van der Waals surface area (Å²) in [6, 6.07) is 3.18. The summed E-state index contributed by atoms with van der Waals surface area (Å²) < 4.78 is 12.8. The van der Waals surface area contributed by atoms with Crippen LogP contribution in [0.5, 0.6) is 0 Å². The smallest absolute Gasteiger partial charge is 0.255 e. The molecule has 0 N–H and O–H groups in total. The maximum Gasteiger partial charge on any atom is 0.255 e. The van der Waals surface area contributed by atoms with Gasteiger partial charge >= 0.3 is 0 Å². The second kappa shape index (κ2) is 4.67. The largest absolute Gasteiger partial charge is 0.335 e. The molecule has 0 aromatic carbocycles. The van der Waals surface area contributed by atoms with E-state index in [2.05, 4.69) is 4.98 Å². The molecule has 2 fully saturated rings. The molecule has 3 rings (SSSR count). The van der Waals surface area contributed by atoms with Gasteiger partial charge < -0.3 is 4.90 Å². The Morgan fingerprint density at radius 1 is 1.28 bits per heavy atom. The first-order chi connectivity index (χ1) is 8.75. The van der Waals surface area contributed by atoms with Crippen molar-refractivity contribution in [2.45, 2.75) is 38.1 Å². The van der Waals surface area contributed by atoms with Gasteiger partial charge in [0, 0.05) is 18.8 Å². The molecule has 1 amide bonds. The van der Waals surface area contributed by atoms with E-state index in [1.807, 2.05) is 4.90 Å². The molecule has 2 heterocycles. The molecule has 3 nitrogen and oxygen atoms in total. The Bertz CT molecular complexity index is 446. The average molecular weight is 248 g/mol. The highest BCUT2D eigenvalue weighted by molar-refractivity contribution is 5.94. The Morgan fingerprint density at radius 3 is 2.89 bits per heavy atom. The Labute approximate surface area is 106 Å². The van der Waals surface area contributed by atoms with Crippen molar-refractivity contribution in [3.63, 3.8) is 0 Å². The lowest BCUT2D eigenvalue weighted by atomic mass is 9.91. The molecule has 2 aliphatic rings. The van der Waals surface area contributed by atoms with Gasteiger partial charge in [0.15, 0.2) is 0 Å². The van der Waals surface area contributed by atoms with Crippen LogP contribution in [0.2, 0.25) is 0 Å². The quantitative estimate of drug-likeness (QED) is 0.716. The second-order valence-electron chi connectivity index (χ2n) is 5.27. The molecule has 0 radical (unpaired) electrons. The predicted molar refractivity (Wildman–Crippen MR) is 65.6 cm³/mol. The molecule has 4 heteroatoms. The molecule has 1 saturated carbocycles. The van der Waals surface area contributed by atoms with Gasteiger partial charge in [-0.1, -0.05) is 6.42 Å².